The molecular formula is C19H18N4O2S. The number of hydrogen-bond donors (Lipinski definition) is 0. The van der Waals surface area contributed by atoms with Crippen LogP contribution in [0.3, 0.4) is 0 Å². The lowest BCUT2D eigenvalue weighted by atomic mass is 10.3. The van der Waals surface area contributed by atoms with E-state index >= 15 is 0 Å². The molecule has 7 heteroatoms. The molecule has 6 nitrogen and oxygen atoms in total. The maximum Gasteiger partial charge on any atom is 0.271 e. The van der Waals surface area contributed by atoms with Gasteiger partial charge in [0.15, 0.2) is 0 Å². The number of aromatic nitrogens is 2. The Kier molecular flexibility index (Phi) is 4.53. The van der Waals surface area contributed by atoms with Crippen molar-refractivity contribution in [1.29, 1.82) is 0 Å². The van der Waals surface area contributed by atoms with Crippen molar-refractivity contribution >= 4 is 23.1 Å². The fraction of sp³-hybridized carbons (Fsp3) is 0.211. The Bertz CT molecular complexity index is 945. The Hall–Kier alpha value is -2.93. The number of rotatable bonds is 3. The van der Waals surface area contributed by atoms with Crippen LogP contribution in [-0.2, 0) is 0 Å². The molecule has 1 fully saturated rings. The molecule has 0 radical (unpaired) electrons. The van der Waals surface area contributed by atoms with Gasteiger partial charge in [0.05, 0.1) is 10.6 Å². The third kappa shape index (κ3) is 3.25. The summed E-state index contributed by atoms with van der Waals surface area (Å²) in [5.41, 5.74) is 0.581. The molecule has 1 aromatic carbocycles. The van der Waals surface area contributed by atoms with E-state index < -0.39 is 0 Å². The molecule has 0 bridgehead atoms. The Morgan fingerprint density at radius 3 is 2.38 bits per heavy atom. The molecule has 26 heavy (non-hydrogen) atoms. The number of carbonyl (C=O) groups excluding carboxylic acids is 1. The summed E-state index contributed by atoms with van der Waals surface area (Å²) in [6.45, 7) is 2.67. The number of anilines is 1. The van der Waals surface area contributed by atoms with E-state index in [-0.39, 0.29) is 11.5 Å². The molecule has 1 saturated heterocycles. The van der Waals surface area contributed by atoms with Crippen LogP contribution in [0, 0.1) is 0 Å². The van der Waals surface area contributed by atoms with Crippen molar-refractivity contribution in [3.05, 3.63) is 75.2 Å². The van der Waals surface area contributed by atoms with Crippen LogP contribution in [0.2, 0.25) is 0 Å². The molecule has 2 aromatic heterocycles. The van der Waals surface area contributed by atoms with Gasteiger partial charge in [-0.2, -0.15) is 4.68 Å². The lowest BCUT2D eigenvalue weighted by Gasteiger charge is -2.35. The van der Waals surface area contributed by atoms with E-state index in [4.69, 9.17) is 0 Å². The van der Waals surface area contributed by atoms with Crippen LogP contribution in [0.5, 0.6) is 0 Å². The molecule has 0 N–H and O–H groups in total. The summed E-state index contributed by atoms with van der Waals surface area (Å²) in [4.78, 5) is 29.4. The number of piperazine rings is 1. The SMILES string of the molecule is O=C(c1cccs1)N1CCN(c2ccc(=O)n(-c3ccccc3)n2)CC1. The highest BCUT2D eigenvalue weighted by atomic mass is 32.1. The summed E-state index contributed by atoms with van der Waals surface area (Å²) >= 11 is 1.47. The van der Waals surface area contributed by atoms with Gasteiger partial charge in [0, 0.05) is 32.2 Å². The molecule has 0 unspecified atom stereocenters. The number of thiophene rings is 1. The Balaban J connectivity index is 1.50. The first-order chi connectivity index (χ1) is 12.7. The van der Waals surface area contributed by atoms with Crippen molar-refractivity contribution in [3.63, 3.8) is 0 Å². The van der Waals surface area contributed by atoms with Crippen molar-refractivity contribution in [2.75, 3.05) is 31.1 Å². The first-order valence-electron chi connectivity index (χ1n) is 8.46. The summed E-state index contributed by atoms with van der Waals surface area (Å²) in [7, 11) is 0. The van der Waals surface area contributed by atoms with Crippen LogP contribution in [-0.4, -0.2) is 46.8 Å². The van der Waals surface area contributed by atoms with Gasteiger partial charge >= 0.3 is 0 Å². The zero-order valence-corrected chi connectivity index (χ0v) is 14.9. The van der Waals surface area contributed by atoms with Crippen molar-refractivity contribution in [3.8, 4) is 5.69 Å². The van der Waals surface area contributed by atoms with Crippen molar-refractivity contribution in [2.24, 2.45) is 0 Å². The van der Waals surface area contributed by atoms with Gasteiger partial charge in [-0.25, -0.2) is 0 Å². The summed E-state index contributed by atoms with van der Waals surface area (Å²) in [6.07, 6.45) is 0. The fourth-order valence-electron chi connectivity index (χ4n) is 3.02. The van der Waals surface area contributed by atoms with Gasteiger partial charge < -0.3 is 9.80 Å². The van der Waals surface area contributed by atoms with Gasteiger partial charge in [-0.05, 0) is 29.6 Å². The normalized spacial score (nSPS) is 14.5. The first kappa shape index (κ1) is 16.5. The number of para-hydroxylation sites is 1. The minimum atomic E-state index is -0.161. The minimum Gasteiger partial charge on any atom is -0.352 e. The second-order valence-corrected chi connectivity index (χ2v) is 6.98. The lowest BCUT2D eigenvalue weighted by molar-refractivity contribution is 0.0751. The van der Waals surface area contributed by atoms with Crippen LogP contribution in [0.4, 0.5) is 5.82 Å². The number of carbonyl (C=O) groups is 1. The quantitative estimate of drug-likeness (QED) is 0.713. The molecule has 0 aliphatic carbocycles. The van der Waals surface area contributed by atoms with Crippen LogP contribution >= 0.6 is 11.3 Å². The maximum absolute atomic E-state index is 12.4. The van der Waals surface area contributed by atoms with E-state index in [1.807, 2.05) is 52.7 Å². The van der Waals surface area contributed by atoms with Gasteiger partial charge in [0.1, 0.15) is 5.82 Å². The molecule has 3 heterocycles. The zero-order chi connectivity index (χ0) is 17.9. The van der Waals surface area contributed by atoms with E-state index in [1.165, 1.54) is 16.0 Å². The molecule has 0 saturated carbocycles. The highest BCUT2D eigenvalue weighted by Crippen LogP contribution is 2.17. The monoisotopic (exact) mass is 366 g/mol. The second-order valence-electron chi connectivity index (χ2n) is 6.03. The van der Waals surface area contributed by atoms with Crippen LogP contribution < -0.4 is 10.5 Å². The van der Waals surface area contributed by atoms with Gasteiger partial charge in [-0.15, -0.1) is 16.4 Å². The molecule has 4 rings (SSSR count). The molecule has 1 aliphatic rings. The summed E-state index contributed by atoms with van der Waals surface area (Å²) in [6, 6.07) is 16.4. The number of amides is 1. The van der Waals surface area contributed by atoms with E-state index in [2.05, 4.69) is 10.00 Å². The molecule has 1 aliphatic heterocycles. The van der Waals surface area contributed by atoms with E-state index in [0.29, 0.717) is 26.2 Å². The van der Waals surface area contributed by atoms with Crippen LogP contribution in [0.1, 0.15) is 9.67 Å². The highest BCUT2D eigenvalue weighted by molar-refractivity contribution is 7.12. The second kappa shape index (κ2) is 7.13. The third-order valence-electron chi connectivity index (χ3n) is 4.41. The predicted octanol–water partition coefficient (Wildman–Crippen LogP) is 2.26. The van der Waals surface area contributed by atoms with Crippen LogP contribution in [0.25, 0.3) is 5.69 Å². The lowest BCUT2D eigenvalue weighted by Crippen LogP contribution is -2.49. The molecule has 0 spiro atoms. The van der Waals surface area contributed by atoms with Crippen LogP contribution in [0.15, 0.2) is 64.8 Å². The highest BCUT2D eigenvalue weighted by Gasteiger charge is 2.23. The van der Waals surface area contributed by atoms with Gasteiger partial charge in [-0.1, -0.05) is 24.3 Å². The smallest absolute Gasteiger partial charge is 0.271 e. The minimum absolute atomic E-state index is 0.0851. The molecule has 3 aromatic rings. The Morgan fingerprint density at radius 2 is 1.69 bits per heavy atom. The molecule has 1 amide bonds. The third-order valence-corrected chi connectivity index (χ3v) is 5.27. The Morgan fingerprint density at radius 1 is 0.923 bits per heavy atom. The number of nitrogens with zero attached hydrogens (tertiary/aromatic N) is 4. The largest absolute Gasteiger partial charge is 0.352 e. The summed E-state index contributed by atoms with van der Waals surface area (Å²) in [5, 5.41) is 6.43. The topological polar surface area (TPSA) is 58.4 Å². The first-order valence-corrected chi connectivity index (χ1v) is 9.34. The Labute approximate surface area is 154 Å². The van der Waals surface area contributed by atoms with Gasteiger partial charge in [-0.3, -0.25) is 9.59 Å². The van der Waals surface area contributed by atoms with Crippen molar-refractivity contribution < 1.29 is 4.79 Å². The number of benzene rings is 1. The van der Waals surface area contributed by atoms with Crippen molar-refractivity contribution in [2.45, 2.75) is 0 Å². The van der Waals surface area contributed by atoms with Gasteiger partial charge in [0.25, 0.3) is 11.5 Å². The summed E-state index contributed by atoms with van der Waals surface area (Å²) in [5.74, 6) is 0.832. The maximum atomic E-state index is 12.4. The standard InChI is InChI=1S/C19H18N4O2S/c24-18-9-8-17(20-23(18)15-5-2-1-3-6-15)21-10-12-22(13-11-21)19(25)16-7-4-14-26-16/h1-9,14H,10-13H2. The zero-order valence-electron chi connectivity index (χ0n) is 14.1. The average molecular weight is 366 g/mol. The fourth-order valence-corrected chi connectivity index (χ4v) is 3.71. The molecule has 0 atom stereocenters. The van der Waals surface area contributed by atoms with E-state index in [9.17, 15) is 9.59 Å². The molecular weight excluding hydrogens is 348 g/mol. The van der Waals surface area contributed by atoms with Gasteiger partial charge in [0.2, 0.25) is 0 Å². The number of hydrogen-bond acceptors (Lipinski definition) is 5. The average Bonchev–Trinajstić information content (AvgIpc) is 3.23. The van der Waals surface area contributed by atoms with E-state index in [0.717, 1.165) is 16.4 Å². The van der Waals surface area contributed by atoms with Crippen molar-refractivity contribution in [1.82, 2.24) is 14.7 Å². The molecule has 132 valence electrons. The van der Waals surface area contributed by atoms with E-state index in [1.54, 1.807) is 12.1 Å². The summed E-state index contributed by atoms with van der Waals surface area (Å²) < 4.78 is 1.42. The predicted molar refractivity (Wildman–Crippen MR) is 102 cm³/mol.